The average Bonchev–Trinajstić information content (AvgIpc) is 2.64. The fourth-order valence-corrected chi connectivity index (χ4v) is 3.75. The molecular formula is C15H21N3O2S. The molecule has 5 nitrogen and oxygen atoms in total. The molecule has 0 aliphatic heterocycles. The molecule has 0 saturated heterocycles. The third-order valence-electron chi connectivity index (χ3n) is 3.55. The third kappa shape index (κ3) is 4.27. The molecule has 1 aliphatic carbocycles. The van der Waals surface area contributed by atoms with Crippen LogP contribution in [0.1, 0.15) is 35.3 Å². The van der Waals surface area contributed by atoms with Crippen molar-refractivity contribution in [3.05, 3.63) is 16.0 Å². The van der Waals surface area contributed by atoms with Gasteiger partial charge in [0.15, 0.2) is 0 Å². The van der Waals surface area contributed by atoms with E-state index in [-0.39, 0.29) is 12.5 Å². The van der Waals surface area contributed by atoms with Gasteiger partial charge in [0.1, 0.15) is 11.1 Å². The summed E-state index contributed by atoms with van der Waals surface area (Å²) in [5.74, 6) is -0.112. The third-order valence-corrected chi connectivity index (χ3v) is 4.76. The second-order valence-corrected chi connectivity index (χ2v) is 6.20. The lowest BCUT2D eigenvalue weighted by Crippen LogP contribution is -2.30. The zero-order chi connectivity index (χ0) is 15.1. The molecule has 0 unspecified atom stereocenters. The minimum Gasteiger partial charge on any atom is -0.383 e. The number of nitriles is 1. The molecule has 0 aromatic carbocycles. The van der Waals surface area contributed by atoms with Crippen LogP contribution in [0.25, 0.3) is 0 Å². The van der Waals surface area contributed by atoms with E-state index < -0.39 is 0 Å². The van der Waals surface area contributed by atoms with Crippen molar-refractivity contribution in [2.75, 3.05) is 32.1 Å². The van der Waals surface area contributed by atoms with E-state index in [0.717, 1.165) is 24.8 Å². The van der Waals surface area contributed by atoms with Crippen LogP contribution in [0.2, 0.25) is 0 Å². The molecule has 21 heavy (non-hydrogen) atoms. The molecule has 2 N–H and O–H groups in total. The topological polar surface area (TPSA) is 74.2 Å². The Labute approximate surface area is 129 Å². The summed E-state index contributed by atoms with van der Waals surface area (Å²) in [5, 5.41) is 16.0. The highest BCUT2D eigenvalue weighted by atomic mass is 32.1. The van der Waals surface area contributed by atoms with Gasteiger partial charge in [-0.05, 0) is 31.2 Å². The van der Waals surface area contributed by atoms with Crippen molar-refractivity contribution >= 4 is 22.2 Å². The number of fused-ring (bicyclic) bond motifs is 1. The number of amides is 1. The normalized spacial score (nSPS) is 14.1. The van der Waals surface area contributed by atoms with Gasteiger partial charge in [0, 0.05) is 18.5 Å². The SMILES string of the molecule is COCCNCC(=O)Nc1sc2c(c1C#N)CCCCC2. The van der Waals surface area contributed by atoms with Gasteiger partial charge in [-0.25, -0.2) is 0 Å². The number of carbonyl (C=O) groups is 1. The van der Waals surface area contributed by atoms with E-state index in [2.05, 4.69) is 16.7 Å². The molecule has 1 heterocycles. The maximum Gasteiger partial charge on any atom is 0.238 e. The molecule has 1 aliphatic rings. The van der Waals surface area contributed by atoms with Crippen LogP contribution in [0, 0.1) is 11.3 Å². The molecule has 1 aromatic rings. The fourth-order valence-electron chi connectivity index (χ4n) is 2.50. The van der Waals surface area contributed by atoms with Gasteiger partial charge in [0.05, 0.1) is 18.7 Å². The first-order valence-electron chi connectivity index (χ1n) is 7.30. The summed E-state index contributed by atoms with van der Waals surface area (Å²) in [6.07, 6.45) is 5.50. The highest BCUT2D eigenvalue weighted by Gasteiger charge is 2.20. The predicted molar refractivity (Wildman–Crippen MR) is 83.7 cm³/mol. The van der Waals surface area contributed by atoms with Crippen molar-refractivity contribution in [2.45, 2.75) is 32.1 Å². The molecular weight excluding hydrogens is 286 g/mol. The molecule has 0 atom stereocenters. The van der Waals surface area contributed by atoms with Gasteiger partial charge in [0.25, 0.3) is 0 Å². The van der Waals surface area contributed by atoms with E-state index in [1.54, 1.807) is 18.4 Å². The van der Waals surface area contributed by atoms with Gasteiger partial charge >= 0.3 is 0 Å². The van der Waals surface area contributed by atoms with Crippen molar-refractivity contribution < 1.29 is 9.53 Å². The van der Waals surface area contributed by atoms with Gasteiger partial charge < -0.3 is 15.4 Å². The van der Waals surface area contributed by atoms with E-state index >= 15 is 0 Å². The Balaban J connectivity index is 2.00. The molecule has 6 heteroatoms. The lowest BCUT2D eigenvalue weighted by molar-refractivity contribution is -0.115. The Bertz CT molecular complexity index is 534. The summed E-state index contributed by atoms with van der Waals surface area (Å²) >= 11 is 1.56. The molecule has 0 bridgehead atoms. The van der Waals surface area contributed by atoms with Gasteiger partial charge in [-0.15, -0.1) is 11.3 Å². The van der Waals surface area contributed by atoms with Crippen molar-refractivity contribution in [3.63, 3.8) is 0 Å². The number of rotatable bonds is 6. The highest BCUT2D eigenvalue weighted by Crippen LogP contribution is 2.36. The molecule has 0 spiro atoms. The van der Waals surface area contributed by atoms with E-state index in [4.69, 9.17) is 4.74 Å². The van der Waals surface area contributed by atoms with E-state index in [1.807, 2.05) is 0 Å². The summed E-state index contributed by atoms with van der Waals surface area (Å²) in [4.78, 5) is 13.2. The second kappa shape index (κ2) is 8.13. The van der Waals surface area contributed by atoms with E-state index in [0.29, 0.717) is 23.7 Å². The standard InChI is InChI=1S/C15H21N3O2S/c1-20-8-7-17-10-14(19)18-15-12(9-16)11-5-3-2-4-6-13(11)21-15/h17H,2-8,10H2,1H3,(H,18,19). The monoisotopic (exact) mass is 307 g/mol. The van der Waals surface area contributed by atoms with Crippen LogP contribution in [0.15, 0.2) is 0 Å². The average molecular weight is 307 g/mol. The Morgan fingerprint density at radius 2 is 2.19 bits per heavy atom. The minimum absolute atomic E-state index is 0.112. The largest absolute Gasteiger partial charge is 0.383 e. The van der Waals surface area contributed by atoms with Crippen LogP contribution < -0.4 is 10.6 Å². The van der Waals surface area contributed by atoms with Crippen LogP contribution in [-0.2, 0) is 22.4 Å². The number of carbonyl (C=O) groups excluding carboxylic acids is 1. The zero-order valence-electron chi connectivity index (χ0n) is 12.3. The van der Waals surface area contributed by atoms with Crippen LogP contribution in [0.3, 0.4) is 0 Å². The summed E-state index contributed by atoms with van der Waals surface area (Å²) in [5.41, 5.74) is 1.82. The molecule has 1 amide bonds. The van der Waals surface area contributed by atoms with E-state index in [9.17, 15) is 10.1 Å². The summed E-state index contributed by atoms with van der Waals surface area (Å²) in [6, 6.07) is 2.27. The Morgan fingerprint density at radius 1 is 1.38 bits per heavy atom. The quantitative estimate of drug-likeness (QED) is 0.623. The number of aryl methyl sites for hydroxylation is 1. The van der Waals surface area contributed by atoms with Crippen LogP contribution in [-0.4, -0.2) is 32.7 Å². The van der Waals surface area contributed by atoms with Crippen LogP contribution in [0.4, 0.5) is 5.00 Å². The number of nitrogens with zero attached hydrogens (tertiary/aromatic N) is 1. The Morgan fingerprint density at radius 3 is 2.95 bits per heavy atom. The van der Waals surface area contributed by atoms with E-state index in [1.165, 1.54) is 17.7 Å². The second-order valence-electron chi connectivity index (χ2n) is 5.10. The maximum absolute atomic E-state index is 11.9. The van der Waals surface area contributed by atoms with Crippen molar-refractivity contribution in [1.82, 2.24) is 5.32 Å². The van der Waals surface area contributed by atoms with Crippen LogP contribution in [0.5, 0.6) is 0 Å². The van der Waals surface area contributed by atoms with Crippen molar-refractivity contribution in [3.8, 4) is 6.07 Å². The van der Waals surface area contributed by atoms with Gasteiger partial charge in [0.2, 0.25) is 5.91 Å². The van der Waals surface area contributed by atoms with Gasteiger partial charge in [-0.2, -0.15) is 5.26 Å². The number of hydrogen-bond donors (Lipinski definition) is 2. The first-order chi connectivity index (χ1) is 10.3. The Hall–Kier alpha value is -1.42. The summed E-state index contributed by atoms with van der Waals surface area (Å²) in [6.45, 7) is 1.44. The number of anilines is 1. The first kappa shape index (κ1) is 16.0. The van der Waals surface area contributed by atoms with Crippen molar-refractivity contribution in [1.29, 1.82) is 5.26 Å². The highest BCUT2D eigenvalue weighted by molar-refractivity contribution is 7.16. The number of ether oxygens (including phenoxy) is 1. The lowest BCUT2D eigenvalue weighted by Gasteiger charge is -2.05. The molecule has 114 valence electrons. The Kier molecular flexibility index (Phi) is 6.18. The zero-order valence-corrected chi connectivity index (χ0v) is 13.1. The smallest absolute Gasteiger partial charge is 0.238 e. The fraction of sp³-hybridized carbons (Fsp3) is 0.600. The van der Waals surface area contributed by atoms with Gasteiger partial charge in [-0.3, -0.25) is 4.79 Å². The maximum atomic E-state index is 11.9. The predicted octanol–water partition coefficient (Wildman–Crippen LogP) is 2.06. The number of hydrogen-bond acceptors (Lipinski definition) is 5. The molecule has 0 radical (unpaired) electrons. The first-order valence-corrected chi connectivity index (χ1v) is 8.12. The number of methoxy groups -OCH3 is 1. The van der Waals surface area contributed by atoms with Crippen molar-refractivity contribution in [2.24, 2.45) is 0 Å². The van der Waals surface area contributed by atoms with Crippen LogP contribution >= 0.6 is 11.3 Å². The minimum atomic E-state index is -0.112. The summed E-state index contributed by atoms with van der Waals surface area (Å²) in [7, 11) is 1.62. The molecule has 1 aromatic heterocycles. The number of thiophene rings is 1. The van der Waals surface area contributed by atoms with Gasteiger partial charge in [-0.1, -0.05) is 6.42 Å². The molecule has 0 fully saturated rings. The number of nitrogens with one attached hydrogen (secondary N) is 2. The molecule has 2 rings (SSSR count). The summed E-state index contributed by atoms with van der Waals surface area (Å²) < 4.78 is 4.91. The lowest BCUT2D eigenvalue weighted by atomic mass is 10.1. The molecule has 0 saturated carbocycles.